The molecule has 7 heteroatoms. The first-order chi connectivity index (χ1) is 15.5. The summed E-state index contributed by atoms with van der Waals surface area (Å²) in [7, 11) is 1.62. The highest BCUT2D eigenvalue weighted by Crippen LogP contribution is 2.21. The average molecular weight is 439 g/mol. The number of methoxy groups -OCH3 is 1. The molecular formula is C25H34N4O3. The Balaban J connectivity index is 1.26. The van der Waals surface area contributed by atoms with Gasteiger partial charge in [0.1, 0.15) is 5.75 Å². The van der Waals surface area contributed by atoms with Crippen molar-refractivity contribution >= 4 is 17.4 Å². The van der Waals surface area contributed by atoms with E-state index in [0.717, 1.165) is 44.2 Å². The number of piperazine rings is 1. The van der Waals surface area contributed by atoms with Gasteiger partial charge in [-0.05, 0) is 49.2 Å². The Labute approximate surface area is 190 Å². The lowest BCUT2D eigenvalue weighted by Crippen LogP contribution is -2.54. The summed E-state index contributed by atoms with van der Waals surface area (Å²) in [5.74, 6) is 0.725. The van der Waals surface area contributed by atoms with Crippen LogP contribution in [0.25, 0.3) is 0 Å². The van der Waals surface area contributed by atoms with Crippen molar-refractivity contribution in [3.05, 3.63) is 53.6 Å². The van der Waals surface area contributed by atoms with E-state index in [1.54, 1.807) is 7.11 Å². The summed E-state index contributed by atoms with van der Waals surface area (Å²) in [5.41, 5.74) is 4.72. The Hall–Kier alpha value is -2.77. The molecule has 0 aliphatic carbocycles. The number of carbonyl (C=O) groups is 1. The van der Waals surface area contributed by atoms with E-state index in [4.69, 9.17) is 9.47 Å². The molecule has 7 nitrogen and oxygen atoms in total. The van der Waals surface area contributed by atoms with Gasteiger partial charge in [-0.3, -0.25) is 4.90 Å². The Morgan fingerprint density at radius 2 is 1.88 bits per heavy atom. The van der Waals surface area contributed by atoms with E-state index in [1.807, 2.05) is 29.2 Å². The highest BCUT2D eigenvalue weighted by molar-refractivity contribution is 5.89. The van der Waals surface area contributed by atoms with Gasteiger partial charge < -0.3 is 24.6 Å². The molecule has 2 amide bonds. The second kappa shape index (κ2) is 10.2. The van der Waals surface area contributed by atoms with Crippen molar-refractivity contribution < 1.29 is 14.3 Å². The van der Waals surface area contributed by atoms with E-state index in [2.05, 4.69) is 47.2 Å². The van der Waals surface area contributed by atoms with Crippen LogP contribution < -0.4 is 15.0 Å². The van der Waals surface area contributed by atoms with E-state index < -0.39 is 0 Å². The smallest absolute Gasteiger partial charge is 0.322 e. The van der Waals surface area contributed by atoms with Crippen LogP contribution in [0.15, 0.2) is 42.5 Å². The maximum atomic E-state index is 12.8. The Kier molecular flexibility index (Phi) is 7.17. The normalized spacial score (nSPS) is 19.7. The van der Waals surface area contributed by atoms with Crippen molar-refractivity contribution in [1.29, 1.82) is 0 Å². The first kappa shape index (κ1) is 22.4. The standard InChI is InChI=1S/C25H34N4O3/c1-19-7-8-22(15-20(19)2)28-11-9-27(10-12-28)17-24-18-29(13-14-32-24)25(30)26-21-5-4-6-23(16-21)31-3/h4-8,15-16,24H,9-14,17-18H2,1-3H3,(H,26,30). The summed E-state index contributed by atoms with van der Waals surface area (Å²) < 4.78 is 11.2. The molecule has 172 valence electrons. The zero-order valence-electron chi connectivity index (χ0n) is 19.3. The lowest BCUT2D eigenvalue weighted by Gasteiger charge is -2.40. The van der Waals surface area contributed by atoms with Crippen LogP contribution in [-0.4, -0.2) is 81.5 Å². The summed E-state index contributed by atoms with van der Waals surface area (Å²) in [4.78, 5) is 19.5. The summed E-state index contributed by atoms with van der Waals surface area (Å²) in [6.45, 7) is 11.0. The van der Waals surface area contributed by atoms with Crippen molar-refractivity contribution in [2.75, 3.05) is 69.7 Å². The Morgan fingerprint density at radius 1 is 1.06 bits per heavy atom. The SMILES string of the molecule is COc1cccc(NC(=O)N2CCOC(CN3CCN(c4ccc(C)c(C)c4)CC3)C2)c1. The van der Waals surface area contributed by atoms with E-state index in [0.29, 0.717) is 19.7 Å². The number of urea groups is 1. The number of rotatable bonds is 5. The molecule has 0 radical (unpaired) electrons. The molecule has 2 saturated heterocycles. The zero-order valence-corrected chi connectivity index (χ0v) is 19.3. The number of amides is 2. The third-order valence-corrected chi connectivity index (χ3v) is 6.44. The fourth-order valence-electron chi connectivity index (χ4n) is 4.32. The Bertz CT molecular complexity index is 927. The summed E-state index contributed by atoms with van der Waals surface area (Å²) in [6, 6.07) is 14.0. The van der Waals surface area contributed by atoms with Crippen molar-refractivity contribution in [2.45, 2.75) is 20.0 Å². The van der Waals surface area contributed by atoms with Gasteiger partial charge in [0.05, 0.1) is 19.8 Å². The van der Waals surface area contributed by atoms with E-state index in [-0.39, 0.29) is 12.1 Å². The van der Waals surface area contributed by atoms with Crippen molar-refractivity contribution in [2.24, 2.45) is 0 Å². The molecule has 1 atom stereocenters. The highest BCUT2D eigenvalue weighted by Gasteiger charge is 2.27. The lowest BCUT2D eigenvalue weighted by atomic mass is 10.1. The van der Waals surface area contributed by atoms with Crippen molar-refractivity contribution in [3.8, 4) is 5.75 Å². The van der Waals surface area contributed by atoms with Crippen molar-refractivity contribution in [3.63, 3.8) is 0 Å². The number of morpholine rings is 1. The molecule has 2 aliphatic rings. The first-order valence-electron chi connectivity index (χ1n) is 11.4. The minimum absolute atomic E-state index is 0.0352. The fourth-order valence-corrected chi connectivity index (χ4v) is 4.32. The molecule has 2 aromatic carbocycles. The maximum absolute atomic E-state index is 12.8. The monoisotopic (exact) mass is 438 g/mol. The molecule has 0 saturated carbocycles. The summed E-state index contributed by atoms with van der Waals surface area (Å²) in [5, 5.41) is 2.97. The molecule has 2 aromatic rings. The van der Waals surface area contributed by atoms with Gasteiger partial charge in [0.15, 0.2) is 0 Å². The fraction of sp³-hybridized carbons (Fsp3) is 0.480. The number of carbonyl (C=O) groups excluding carboxylic acids is 1. The topological polar surface area (TPSA) is 57.3 Å². The van der Waals surface area contributed by atoms with Crippen molar-refractivity contribution in [1.82, 2.24) is 9.80 Å². The van der Waals surface area contributed by atoms with Gasteiger partial charge in [-0.1, -0.05) is 12.1 Å². The van der Waals surface area contributed by atoms with E-state index >= 15 is 0 Å². The van der Waals surface area contributed by atoms with Crippen LogP contribution >= 0.6 is 0 Å². The lowest BCUT2D eigenvalue weighted by molar-refractivity contribution is -0.0295. The van der Waals surface area contributed by atoms with Crippen LogP contribution in [-0.2, 0) is 4.74 Å². The number of hydrogen-bond acceptors (Lipinski definition) is 5. The van der Waals surface area contributed by atoms with Gasteiger partial charge in [0, 0.05) is 63.3 Å². The Morgan fingerprint density at radius 3 is 2.62 bits per heavy atom. The van der Waals surface area contributed by atoms with Crippen LogP contribution in [0.4, 0.5) is 16.2 Å². The second-order valence-electron chi connectivity index (χ2n) is 8.66. The number of aryl methyl sites for hydroxylation is 2. The molecule has 1 unspecified atom stereocenters. The van der Waals surface area contributed by atoms with Gasteiger partial charge in [-0.25, -0.2) is 4.79 Å². The molecule has 1 N–H and O–H groups in total. The predicted octanol–water partition coefficient (Wildman–Crippen LogP) is 3.37. The zero-order chi connectivity index (χ0) is 22.5. The van der Waals surface area contributed by atoms with Crippen LogP contribution in [0.3, 0.4) is 0 Å². The number of nitrogens with one attached hydrogen (secondary N) is 1. The number of hydrogen-bond donors (Lipinski definition) is 1. The van der Waals surface area contributed by atoms with Gasteiger partial charge in [-0.15, -0.1) is 0 Å². The quantitative estimate of drug-likeness (QED) is 0.776. The van der Waals surface area contributed by atoms with Crippen LogP contribution in [0.5, 0.6) is 5.75 Å². The number of anilines is 2. The van der Waals surface area contributed by atoms with Gasteiger partial charge in [0.25, 0.3) is 0 Å². The van der Waals surface area contributed by atoms with Gasteiger partial charge >= 0.3 is 6.03 Å². The second-order valence-corrected chi connectivity index (χ2v) is 8.66. The first-order valence-corrected chi connectivity index (χ1v) is 11.4. The summed E-state index contributed by atoms with van der Waals surface area (Å²) in [6.07, 6.45) is 0.0352. The minimum Gasteiger partial charge on any atom is -0.497 e. The molecule has 0 bridgehead atoms. The number of benzene rings is 2. The molecule has 4 rings (SSSR count). The van der Waals surface area contributed by atoms with Crippen LogP contribution in [0, 0.1) is 13.8 Å². The molecule has 32 heavy (non-hydrogen) atoms. The summed E-state index contributed by atoms with van der Waals surface area (Å²) >= 11 is 0. The van der Waals surface area contributed by atoms with E-state index in [9.17, 15) is 4.79 Å². The van der Waals surface area contributed by atoms with Crippen LogP contribution in [0.1, 0.15) is 11.1 Å². The molecule has 2 fully saturated rings. The molecular weight excluding hydrogens is 404 g/mol. The van der Waals surface area contributed by atoms with Gasteiger partial charge in [-0.2, -0.15) is 0 Å². The third kappa shape index (κ3) is 5.53. The molecule has 0 aromatic heterocycles. The molecule has 0 spiro atoms. The predicted molar refractivity (Wildman–Crippen MR) is 128 cm³/mol. The largest absolute Gasteiger partial charge is 0.497 e. The minimum atomic E-state index is -0.0916. The van der Waals surface area contributed by atoms with Crippen LogP contribution in [0.2, 0.25) is 0 Å². The maximum Gasteiger partial charge on any atom is 0.322 e. The average Bonchev–Trinajstić information content (AvgIpc) is 2.82. The highest BCUT2D eigenvalue weighted by atomic mass is 16.5. The third-order valence-electron chi connectivity index (χ3n) is 6.44. The number of nitrogens with zero attached hydrogens (tertiary/aromatic N) is 3. The van der Waals surface area contributed by atoms with E-state index in [1.165, 1.54) is 16.8 Å². The molecule has 2 heterocycles. The number of ether oxygens (including phenoxy) is 2. The van der Waals surface area contributed by atoms with Gasteiger partial charge in [0.2, 0.25) is 0 Å². The molecule has 2 aliphatic heterocycles.